The fourth-order valence-electron chi connectivity index (χ4n) is 8.49. The number of allylic oxidation sites excluding steroid dienone is 1. The highest BCUT2D eigenvalue weighted by atomic mass is 16.3. The van der Waals surface area contributed by atoms with Crippen LogP contribution >= 0.6 is 0 Å². The van der Waals surface area contributed by atoms with Gasteiger partial charge in [-0.25, -0.2) is 0 Å². The number of hydrogen-bond donors (Lipinski definition) is 2. The van der Waals surface area contributed by atoms with E-state index in [0.29, 0.717) is 29.1 Å². The SMILES string of the molecule is CC(C)CCC[C@@H](C)[C@H]1C[C@H](O)C2=C3CC[C@H]4C[C@@H](O)CC[C@]4(C)[C@H]3CC[C@@]21C. The van der Waals surface area contributed by atoms with Gasteiger partial charge in [0.25, 0.3) is 0 Å². The number of hydrogen-bond acceptors (Lipinski definition) is 2. The maximum absolute atomic E-state index is 11.3. The summed E-state index contributed by atoms with van der Waals surface area (Å²) in [6.45, 7) is 12.1. The van der Waals surface area contributed by atoms with Gasteiger partial charge in [0.15, 0.2) is 0 Å². The van der Waals surface area contributed by atoms with Crippen molar-refractivity contribution in [1.82, 2.24) is 0 Å². The van der Waals surface area contributed by atoms with Crippen LogP contribution in [0.3, 0.4) is 0 Å². The van der Waals surface area contributed by atoms with Crippen LogP contribution in [-0.2, 0) is 0 Å². The maximum Gasteiger partial charge on any atom is 0.0761 e. The Morgan fingerprint density at radius 3 is 2.45 bits per heavy atom. The zero-order valence-electron chi connectivity index (χ0n) is 19.7. The highest BCUT2D eigenvalue weighted by Gasteiger charge is 2.57. The van der Waals surface area contributed by atoms with Crippen molar-refractivity contribution in [3.05, 3.63) is 11.1 Å². The Balaban J connectivity index is 1.58. The second-order valence-electron chi connectivity index (χ2n) is 12.3. The smallest absolute Gasteiger partial charge is 0.0761 e. The summed E-state index contributed by atoms with van der Waals surface area (Å²) in [6, 6.07) is 0. The molecule has 0 aromatic rings. The molecular formula is C27H46O2. The molecule has 0 saturated heterocycles. The molecule has 3 saturated carbocycles. The molecule has 2 heteroatoms. The molecule has 0 aliphatic heterocycles. The van der Waals surface area contributed by atoms with Crippen LogP contribution < -0.4 is 0 Å². The summed E-state index contributed by atoms with van der Waals surface area (Å²) < 4.78 is 0. The largest absolute Gasteiger partial charge is 0.393 e. The quantitative estimate of drug-likeness (QED) is 0.515. The van der Waals surface area contributed by atoms with E-state index in [0.717, 1.165) is 25.2 Å². The highest BCUT2D eigenvalue weighted by molar-refractivity contribution is 5.37. The first kappa shape index (κ1) is 21.9. The summed E-state index contributed by atoms with van der Waals surface area (Å²) >= 11 is 0. The van der Waals surface area contributed by atoms with E-state index in [1.54, 1.807) is 5.57 Å². The molecule has 166 valence electrons. The number of fused-ring (bicyclic) bond motifs is 4. The molecule has 0 heterocycles. The summed E-state index contributed by atoms with van der Waals surface area (Å²) in [4.78, 5) is 0. The number of rotatable bonds is 5. The predicted octanol–water partition coefficient (Wildman–Crippen LogP) is 6.50. The van der Waals surface area contributed by atoms with Crippen molar-refractivity contribution in [2.24, 2.45) is 40.4 Å². The second kappa shape index (κ2) is 7.97. The van der Waals surface area contributed by atoms with Gasteiger partial charge in [-0.1, -0.05) is 59.5 Å². The van der Waals surface area contributed by atoms with Crippen molar-refractivity contribution < 1.29 is 10.2 Å². The molecule has 8 atom stereocenters. The summed E-state index contributed by atoms with van der Waals surface area (Å²) in [6.07, 6.45) is 12.8. The highest BCUT2D eigenvalue weighted by Crippen LogP contribution is 2.65. The minimum Gasteiger partial charge on any atom is -0.393 e. The summed E-state index contributed by atoms with van der Waals surface area (Å²) in [5, 5.41) is 21.5. The van der Waals surface area contributed by atoms with Crippen LogP contribution in [0.2, 0.25) is 0 Å². The van der Waals surface area contributed by atoms with E-state index in [4.69, 9.17) is 0 Å². The maximum atomic E-state index is 11.3. The van der Waals surface area contributed by atoms with E-state index >= 15 is 0 Å². The van der Waals surface area contributed by atoms with Crippen molar-refractivity contribution in [2.75, 3.05) is 0 Å². The third-order valence-electron chi connectivity index (χ3n) is 10.2. The van der Waals surface area contributed by atoms with Gasteiger partial charge in [0.2, 0.25) is 0 Å². The van der Waals surface area contributed by atoms with Crippen molar-refractivity contribution in [2.45, 2.75) is 117 Å². The minimum atomic E-state index is -0.204. The standard InChI is InChI=1S/C27H46O2/c1-17(2)7-6-8-18(3)23-16-24(29)25-21-10-9-19-15-20(28)11-13-26(19,4)22(21)12-14-27(23,25)5/h17-20,22-24,28-29H,6-16H2,1-5H3/t18-,19+,20+,22+,23-,24+,26+,27-/m1/s1. The van der Waals surface area contributed by atoms with Crippen molar-refractivity contribution >= 4 is 0 Å². The average molecular weight is 403 g/mol. The van der Waals surface area contributed by atoms with Crippen LogP contribution in [0.1, 0.15) is 105 Å². The van der Waals surface area contributed by atoms with Crippen LogP contribution in [-0.4, -0.2) is 22.4 Å². The molecule has 4 aliphatic carbocycles. The zero-order chi connectivity index (χ0) is 21.0. The van der Waals surface area contributed by atoms with Gasteiger partial charge in [-0.3, -0.25) is 0 Å². The molecular weight excluding hydrogens is 356 g/mol. The van der Waals surface area contributed by atoms with Crippen LogP contribution in [0.25, 0.3) is 0 Å². The average Bonchev–Trinajstić information content (AvgIpc) is 2.93. The second-order valence-corrected chi connectivity index (χ2v) is 12.3. The Morgan fingerprint density at radius 1 is 0.966 bits per heavy atom. The van der Waals surface area contributed by atoms with E-state index in [2.05, 4.69) is 34.6 Å². The van der Waals surface area contributed by atoms with Crippen LogP contribution in [0.15, 0.2) is 11.1 Å². The molecule has 4 aliphatic rings. The zero-order valence-corrected chi connectivity index (χ0v) is 19.7. The molecule has 3 fully saturated rings. The molecule has 0 radical (unpaired) electrons. The summed E-state index contributed by atoms with van der Waals surface area (Å²) in [5.74, 6) is 3.48. The molecule has 0 aromatic carbocycles. The Labute approximate surface area is 179 Å². The fraction of sp³-hybridized carbons (Fsp3) is 0.926. The van der Waals surface area contributed by atoms with Crippen LogP contribution in [0, 0.1) is 40.4 Å². The summed E-state index contributed by atoms with van der Waals surface area (Å²) in [7, 11) is 0. The lowest BCUT2D eigenvalue weighted by molar-refractivity contribution is -0.0386. The van der Waals surface area contributed by atoms with Gasteiger partial charge in [-0.2, -0.15) is 0 Å². The molecule has 0 bridgehead atoms. The van der Waals surface area contributed by atoms with Crippen molar-refractivity contribution in [3.8, 4) is 0 Å². The van der Waals surface area contributed by atoms with Gasteiger partial charge in [-0.15, -0.1) is 0 Å². The van der Waals surface area contributed by atoms with Gasteiger partial charge in [0.1, 0.15) is 0 Å². The summed E-state index contributed by atoms with van der Waals surface area (Å²) in [5.41, 5.74) is 3.72. The number of aliphatic hydroxyl groups is 2. The Bertz CT molecular complexity index is 636. The Morgan fingerprint density at radius 2 is 1.72 bits per heavy atom. The molecule has 0 spiro atoms. The lowest BCUT2D eigenvalue weighted by Gasteiger charge is -2.56. The lowest BCUT2D eigenvalue weighted by Crippen LogP contribution is -2.48. The topological polar surface area (TPSA) is 40.5 Å². The van der Waals surface area contributed by atoms with Crippen molar-refractivity contribution in [3.63, 3.8) is 0 Å². The fourth-order valence-corrected chi connectivity index (χ4v) is 8.49. The van der Waals surface area contributed by atoms with Gasteiger partial charge in [-0.05, 0) is 97.4 Å². The van der Waals surface area contributed by atoms with E-state index < -0.39 is 0 Å². The monoisotopic (exact) mass is 402 g/mol. The number of aliphatic hydroxyl groups excluding tert-OH is 2. The van der Waals surface area contributed by atoms with E-state index in [1.165, 1.54) is 56.9 Å². The predicted molar refractivity (Wildman–Crippen MR) is 121 cm³/mol. The molecule has 0 unspecified atom stereocenters. The first-order valence-corrected chi connectivity index (χ1v) is 12.8. The van der Waals surface area contributed by atoms with Gasteiger partial charge in [0.05, 0.1) is 12.2 Å². The molecule has 2 nitrogen and oxygen atoms in total. The van der Waals surface area contributed by atoms with Gasteiger partial charge in [0, 0.05) is 0 Å². The van der Waals surface area contributed by atoms with E-state index in [1.807, 2.05) is 0 Å². The Hall–Kier alpha value is -0.340. The first-order valence-electron chi connectivity index (χ1n) is 12.8. The van der Waals surface area contributed by atoms with Crippen molar-refractivity contribution in [1.29, 1.82) is 0 Å². The van der Waals surface area contributed by atoms with Gasteiger partial charge < -0.3 is 10.2 Å². The Kier molecular flexibility index (Phi) is 6.01. The molecule has 0 amide bonds. The normalized spacial score (nSPS) is 45.7. The molecule has 4 rings (SSSR count). The molecule has 2 N–H and O–H groups in total. The van der Waals surface area contributed by atoms with E-state index in [9.17, 15) is 10.2 Å². The van der Waals surface area contributed by atoms with E-state index in [-0.39, 0.29) is 17.6 Å². The van der Waals surface area contributed by atoms with Crippen LogP contribution in [0.5, 0.6) is 0 Å². The third-order valence-corrected chi connectivity index (χ3v) is 10.2. The molecule has 29 heavy (non-hydrogen) atoms. The lowest BCUT2D eigenvalue weighted by atomic mass is 9.48. The van der Waals surface area contributed by atoms with Gasteiger partial charge >= 0.3 is 0 Å². The minimum absolute atomic E-state index is 0.0794. The first-order chi connectivity index (χ1) is 13.7. The third kappa shape index (κ3) is 3.65. The molecule has 0 aromatic heterocycles. The van der Waals surface area contributed by atoms with Crippen LogP contribution in [0.4, 0.5) is 0 Å².